The smallest absolute Gasteiger partial charge is 0.240 e. The number of rotatable bonds is 6. The Labute approximate surface area is 131 Å². The molecule has 2 unspecified atom stereocenters. The molecule has 0 fully saturated rings. The molecule has 21 heavy (non-hydrogen) atoms. The second-order valence-corrected chi connectivity index (χ2v) is 5.26. The second-order valence-electron chi connectivity index (χ2n) is 5.26. The van der Waals surface area contributed by atoms with E-state index in [4.69, 9.17) is 10.5 Å². The van der Waals surface area contributed by atoms with Gasteiger partial charge in [-0.25, -0.2) is 4.39 Å². The predicted octanol–water partition coefficient (Wildman–Crippen LogP) is 2.95. The SMILES string of the molecule is CCCC(C)(N)C(=O)NC(C)c1ccc(OC)c(F)c1.Cl. The van der Waals surface area contributed by atoms with Crippen molar-refractivity contribution in [3.8, 4) is 5.75 Å². The molecule has 1 amide bonds. The highest BCUT2D eigenvalue weighted by Crippen LogP contribution is 2.22. The Balaban J connectivity index is 0.00000400. The fourth-order valence-corrected chi connectivity index (χ4v) is 2.03. The lowest BCUT2D eigenvalue weighted by molar-refractivity contribution is -0.126. The highest BCUT2D eigenvalue weighted by Gasteiger charge is 2.28. The van der Waals surface area contributed by atoms with E-state index in [0.717, 1.165) is 6.42 Å². The van der Waals surface area contributed by atoms with Crippen molar-refractivity contribution in [2.24, 2.45) is 5.73 Å². The molecule has 0 heterocycles. The van der Waals surface area contributed by atoms with E-state index in [1.165, 1.54) is 13.2 Å². The Hall–Kier alpha value is -1.33. The predicted molar refractivity (Wildman–Crippen MR) is 84.3 cm³/mol. The summed E-state index contributed by atoms with van der Waals surface area (Å²) in [6.45, 7) is 5.47. The Morgan fingerprint density at radius 3 is 2.62 bits per heavy atom. The zero-order valence-corrected chi connectivity index (χ0v) is 13.7. The van der Waals surface area contributed by atoms with E-state index in [1.807, 2.05) is 6.92 Å². The summed E-state index contributed by atoms with van der Waals surface area (Å²) < 4.78 is 18.5. The maximum Gasteiger partial charge on any atom is 0.240 e. The van der Waals surface area contributed by atoms with Gasteiger partial charge in [0.2, 0.25) is 5.91 Å². The van der Waals surface area contributed by atoms with Crippen LogP contribution < -0.4 is 15.8 Å². The van der Waals surface area contributed by atoms with E-state index in [9.17, 15) is 9.18 Å². The summed E-state index contributed by atoms with van der Waals surface area (Å²) >= 11 is 0. The number of nitrogens with one attached hydrogen (secondary N) is 1. The van der Waals surface area contributed by atoms with Crippen LogP contribution in [0.5, 0.6) is 5.75 Å². The first kappa shape index (κ1) is 19.7. The average Bonchev–Trinajstić information content (AvgIpc) is 2.38. The van der Waals surface area contributed by atoms with Gasteiger partial charge in [0.15, 0.2) is 11.6 Å². The molecule has 2 atom stereocenters. The van der Waals surface area contributed by atoms with Crippen molar-refractivity contribution in [2.45, 2.75) is 45.2 Å². The normalized spacial score (nSPS) is 14.6. The number of carbonyl (C=O) groups excluding carboxylic acids is 1. The molecule has 0 aliphatic rings. The van der Waals surface area contributed by atoms with E-state index in [1.54, 1.807) is 26.0 Å². The molecule has 0 saturated carbocycles. The molecule has 0 aromatic heterocycles. The first-order valence-corrected chi connectivity index (χ1v) is 6.75. The number of halogens is 2. The van der Waals surface area contributed by atoms with Crippen LogP contribution in [0.4, 0.5) is 4.39 Å². The number of nitrogens with two attached hydrogens (primary N) is 1. The van der Waals surface area contributed by atoms with Crippen LogP contribution in [0.3, 0.4) is 0 Å². The van der Waals surface area contributed by atoms with Crippen LogP contribution in [0.15, 0.2) is 18.2 Å². The number of methoxy groups -OCH3 is 1. The van der Waals surface area contributed by atoms with E-state index in [-0.39, 0.29) is 30.1 Å². The van der Waals surface area contributed by atoms with Gasteiger partial charge in [0.05, 0.1) is 18.7 Å². The molecule has 120 valence electrons. The van der Waals surface area contributed by atoms with E-state index in [2.05, 4.69) is 5.32 Å². The topological polar surface area (TPSA) is 64.4 Å². The second kappa shape index (κ2) is 8.20. The summed E-state index contributed by atoms with van der Waals surface area (Å²) in [5.74, 6) is -0.500. The molecule has 3 N–H and O–H groups in total. The van der Waals surface area contributed by atoms with Gasteiger partial charge in [-0.05, 0) is 38.0 Å². The highest BCUT2D eigenvalue weighted by molar-refractivity contribution is 5.86. The Morgan fingerprint density at radius 1 is 1.52 bits per heavy atom. The number of ether oxygens (including phenoxy) is 1. The third-order valence-electron chi connectivity index (χ3n) is 3.31. The van der Waals surface area contributed by atoms with Gasteiger partial charge in [0.1, 0.15) is 0 Å². The molecule has 1 rings (SSSR count). The molecule has 0 aliphatic heterocycles. The quantitative estimate of drug-likeness (QED) is 0.847. The lowest BCUT2D eigenvalue weighted by atomic mass is 9.95. The molecular formula is C15H24ClFN2O2. The van der Waals surface area contributed by atoms with Crippen LogP contribution in [-0.4, -0.2) is 18.6 Å². The van der Waals surface area contributed by atoms with E-state index >= 15 is 0 Å². The molecule has 1 aromatic carbocycles. The molecular weight excluding hydrogens is 295 g/mol. The third kappa shape index (κ3) is 5.17. The van der Waals surface area contributed by atoms with Gasteiger partial charge >= 0.3 is 0 Å². The van der Waals surface area contributed by atoms with Gasteiger partial charge in [-0.2, -0.15) is 0 Å². The lowest BCUT2D eigenvalue weighted by Gasteiger charge is -2.25. The van der Waals surface area contributed by atoms with Gasteiger partial charge in [0, 0.05) is 0 Å². The molecule has 4 nitrogen and oxygen atoms in total. The molecule has 0 spiro atoms. The zero-order chi connectivity index (χ0) is 15.3. The van der Waals surface area contributed by atoms with Crippen LogP contribution in [0.1, 0.15) is 45.2 Å². The average molecular weight is 319 g/mol. The molecule has 0 bridgehead atoms. The number of hydrogen-bond acceptors (Lipinski definition) is 3. The fourth-order valence-electron chi connectivity index (χ4n) is 2.03. The minimum atomic E-state index is -0.909. The van der Waals surface area contributed by atoms with Crippen LogP contribution in [-0.2, 0) is 4.79 Å². The van der Waals surface area contributed by atoms with Crippen LogP contribution in [0, 0.1) is 5.82 Å². The first-order valence-electron chi connectivity index (χ1n) is 6.75. The monoisotopic (exact) mass is 318 g/mol. The van der Waals surface area contributed by atoms with Gasteiger partial charge < -0.3 is 15.8 Å². The lowest BCUT2D eigenvalue weighted by Crippen LogP contribution is -2.52. The van der Waals surface area contributed by atoms with Crippen molar-refractivity contribution in [1.82, 2.24) is 5.32 Å². The molecule has 0 saturated heterocycles. The number of hydrogen-bond donors (Lipinski definition) is 2. The number of benzene rings is 1. The standard InChI is InChI=1S/C15H23FN2O2.ClH/c1-5-8-15(3,17)14(19)18-10(2)11-6-7-13(20-4)12(16)9-11;/h6-7,9-10H,5,8,17H2,1-4H3,(H,18,19);1H. The maximum atomic E-state index is 13.6. The summed E-state index contributed by atoms with van der Waals surface area (Å²) in [6.07, 6.45) is 1.43. The van der Waals surface area contributed by atoms with Gasteiger partial charge in [-0.3, -0.25) is 4.79 Å². The summed E-state index contributed by atoms with van der Waals surface area (Å²) in [6, 6.07) is 4.31. The van der Waals surface area contributed by atoms with E-state index in [0.29, 0.717) is 12.0 Å². The van der Waals surface area contributed by atoms with E-state index < -0.39 is 11.4 Å². The van der Waals surface area contributed by atoms with Crippen molar-refractivity contribution in [1.29, 1.82) is 0 Å². The van der Waals surface area contributed by atoms with Crippen molar-refractivity contribution in [3.63, 3.8) is 0 Å². The highest BCUT2D eigenvalue weighted by atomic mass is 35.5. The van der Waals surface area contributed by atoms with Gasteiger partial charge in [-0.1, -0.05) is 19.4 Å². The largest absolute Gasteiger partial charge is 0.494 e. The third-order valence-corrected chi connectivity index (χ3v) is 3.31. The summed E-state index contributed by atoms with van der Waals surface area (Å²) in [7, 11) is 1.41. The Bertz CT molecular complexity index is 481. The first-order chi connectivity index (χ1) is 9.31. The molecule has 6 heteroatoms. The minimum absolute atomic E-state index is 0. The number of amides is 1. The van der Waals surface area contributed by atoms with Gasteiger partial charge in [-0.15, -0.1) is 12.4 Å². The fraction of sp³-hybridized carbons (Fsp3) is 0.533. The number of carbonyl (C=O) groups is 1. The maximum absolute atomic E-state index is 13.6. The molecule has 1 aromatic rings. The zero-order valence-electron chi connectivity index (χ0n) is 12.9. The molecule has 0 aliphatic carbocycles. The van der Waals surface area contributed by atoms with Gasteiger partial charge in [0.25, 0.3) is 0 Å². The minimum Gasteiger partial charge on any atom is -0.494 e. The Morgan fingerprint density at radius 2 is 2.14 bits per heavy atom. The van der Waals surface area contributed by atoms with Crippen molar-refractivity contribution in [2.75, 3.05) is 7.11 Å². The summed E-state index contributed by atoms with van der Waals surface area (Å²) in [4.78, 5) is 12.1. The Kier molecular flexibility index (Phi) is 7.68. The van der Waals surface area contributed by atoms with Crippen molar-refractivity contribution >= 4 is 18.3 Å². The molecule has 0 radical (unpaired) electrons. The summed E-state index contributed by atoms with van der Waals surface area (Å²) in [5.41, 5.74) is 5.73. The van der Waals surface area contributed by atoms with Crippen molar-refractivity contribution < 1.29 is 13.9 Å². The van der Waals surface area contributed by atoms with Crippen LogP contribution in [0.2, 0.25) is 0 Å². The van der Waals surface area contributed by atoms with Crippen LogP contribution in [0.25, 0.3) is 0 Å². The summed E-state index contributed by atoms with van der Waals surface area (Å²) in [5, 5.41) is 2.81. The van der Waals surface area contributed by atoms with Crippen LogP contribution >= 0.6 is 12.4 Å². The van der Waals surface area contributed by atoms with Crippen molar-refractivity contribution in [3.05, 3.63) is 29.6 Å².